The van der Waals surface area contributed by atoms with Crippen LogP contribution in [0.15, 0.2) is 18.3 Å². The van der Waals surface area contributed by atoms with Gasteiger partial charge in [0.25, 0.3) is 0 Å². The van der Waals surface area contributed by atoms with Crippen LogP contribution in [0.1, 0.15) is 30.5 Å². The number of nitrogens with zero attached hydrogens (tertiary/aromatic N) is 1. The standard InChI is InChI=1S/C13H18N2O/c1-10-5-4-8-14-12(10)9-11-6-2-3-7-15-13(11)16/h4-5,8,11H,2-3,6-7,9H2,1H3,(H,15,16). The molecule has 0 radical (unpaired) electrons. The van der Waals surface area contributed by atoms with Crippen molar-refractivity contribution in [3.63, 3.8) is 0 Å². The number of aryl methyl sites for hydroxylation is 1. The maximum Gasteiger partial charge on any atom is 0.223 e. The van der Waals surface area contributed by atoms with E-state index in [1.807, 2.05) is 6.07 Å². The van der Waals surface area contributed by atoms with Crippen LogP contribution < -0.4 is 5.32 Å². The molecule has 86 valence electrons. The predicted molar refractivity (Wildman–Crippen MR) is 63.0 cm³/mol. The van der Waals surface area contributed by atoms with E-state index >= 15 is 0 Å². The highest BCUT2D eigenvalue weighted by atomic mass is 16.1. The monoisotopic (exact) mass is 218 g/mol. The lowest BCUT2D eigenvalue weighted by Crippen LogP contribution is -2.30. The molecule has 0 saturated carbocycles. The fourth-order valence-electron chi connectivity index (χ4n) is 2.16. The maximum atomic E-state index is 11.8. The summed E-state index contributed by atoms with van der Waals surface area (Å²) in [4.78, 5) is 16.1. The van der Waals surface area contributed by atoms with Crippen LogP contribution in [0.25, 0.3) is 0 Å². The molecule has 1 unspecified atom stereocenters. The number of carbonyl (C=O) groups excluding carboxylic acids is 1. The molecule has 1 saturated heterocycles. The Labute approximate surface area is 96.3 Å². The Morgan fingerprint density at radius 1 is 1.50 bits per heavy atom. The van der Waals surface area contributed by atoms with Crippen LogP contribution in [0, 0.1) is 12.8 Å². The zero-order valence-corrected chi connectivity index (χ0v) is 9.70. The fourth-order valence-corrected chi connectivity index (χ4v) is 2.16. The van der Waals surface area contributed by atoms with Crippen molar-refractivity contribution in [3.8, 4) is 0 Å². The summed E-state index contributed by atoms with van der Waals surface area (Å²) in [6.45, 7) is 2.88. The Bertz CT molecular complexity index is 376. The second-order valence-electron chi connectivity index (χ2n) is 4.45. The van der Waals surface area contributed by atoms with Gasteiger partial charge in [-0.15, -0.1) is 0 Å². The number of hydrogen-bond acceptors (Lipinski definition) is 2. The van der Waals surface area contributed by atoms with Crippen molar-refractivity contribution >= 4 is 5.91 Å². The first-order valence-corrected chi connectivity index (χ1v) is 5.95. The van der Waals surface area contributed by atoms with Crippen LogP contribution in [0.4, 0.5) is 0 Å². The van der Waals surface area contributed by atoms with Gasteiger partial charge in [-0.05, 0) is 31.4 Å². The lowest BCUT2D eigenvalue weighted by Gasteiger charge is -2.13. The highest BCUT2D eigenvalue weighted by molar-refractivity contribution is 5.79. The van der Waals surface area contributed by atoms with Crippen molar-refractivity contribution < 1.29 is 4.79 Å². The van der Waals surface area contributed by atoms with Crippen LogP contribution in [-0.4, -0.2) is 17.4 Å². The van der Waals surface area contributed by atoms with E-state index in [0.717, 1.165) is 37.9 Å². The van der Waals surface area contributed by atoms with Crippen LogP contribution in [0.5, 0.6) is 0 Å². The van der Waals surface area contributed by atoms with Gasteiger partial charge in [-0.25, -0.2) is 0 Å². The highest BCUT2D eigenvalue weighted by Gasteiger charge is 2.21. The minimum absolute atomic E-state index is 0.107. The fraction of sp³-hybridized carbons (Fsp3) is 0.538. The molecular formula is C13H18N2O. The molecule has 1 fully saturated rings. The first kappa shape index (κ1) is 11.1. The van der Waals surface area contributed by atoms with Gasteiger partial charge in [0.15, 0.2) is 0 Å². The smallest absolute Gasteiger partial charge is 0.223 e. The van der Waals surface area contributed by atoms with Crippen LogP contribution in [0.2, 0.25) is 0 Å². The molecule has 16 heavy (non-hydrogen) atoms. The number of aromatic nitrogens is 1. The van der Waals surface area contributed by atoms with Crippen LogP contribution in [0.3, 0.4) is 0 Å². The molecule has 1 amide bonds. The zero-order chi connectivity index (χ0) is 11.4. The van der Waals surface area contributed by atoms with Gasteiger partial charge in [-0.3, -0.25) is 9.78 Å². The minimum atomic E-state index is 0.107. The number of hydrogen-bond donors (Lipinski definition) is 1. The van der Waals surface area contributed by atoms with Gasteiger partial charge >= 0.3 is 0 Å². The number of rotatable bonds is 2. The van der Waals surface area contributed by atoms with E-state index in [1.165, 1.54) is 5.56 Å². The molecule has 1 atom stereocenters. The lowest BCUT2D eigenvalue weighted by atomic mass is 9.95. The molecule has 0 aromatic carbocycles. The molecular weight excluding hydrogens is 200 g/mol. The SMILES string of the molecule is Cc1cccnc1CC1CCCCNC1=O. The van der Waals surface area contributed by atoms with Crippen LogP contribution >= 0.6 is 0 Å². The van der Waals surface area contributed by atoms with Gasteiger partial charge in [0.05, 0.1) is 0 Å². The Balaban J connectivity index is 2.08. The third-order valence-electron chi connectivity index (χ3n) is 3.21. The van der Waals surface area contributed by atoms with Gasteiger partial charge in [-0.1, -0.05) is 12.5 Å². The van der Waals surface area contributed by atoms with Gasteiger partial charge < -0.3 is 5.32 Å². The molecule has 1 N–H and O–H groups in total. The lowest BCUT2D eigenvalue weighted by molar-refractivity contribution is -0.124. The summed E-state index contributed by atoms with van der Waals surface area (Å²) in [5.74, 6) is 0.304. The number of carbonyl (C=O) groups is 1. The molecule has 2 rings (SSSR count). The average Bonchev–Trinajstić information content (AvgIpc) is 2.48. The molecule has 1 aromatic heterocycles. The quantitative estimate of drug-likeness (QED) is 0.823. The van der Waals surface area contributed by atoms with E-state index < -0.39 is 0 Å². The van der Waals surface area contributed by atoms with E-state index in [1.54, 1.807) is 6.20 Å². The van der Waals surface area contributed by atoms with E-state index in [9.17, 15) is 4.79 Å². The van der Waals surface area contributed by atoms with Gasteiger partial charge in [0, 0.05) is 30.8 Å². The summed E-state index contributed by atoms with van der Waals surface area (Å²) in [6, 6.07) is 3.99. The third kappa shape index (κ3) is 2.60. The van der Waals surface area contributed by atoms with E-state index in [-0.39, 0.29) is 11.8 Å². The molecule has 2 heterocycles. The first-order chi connectivity index (χ1) is 7.77. The van der Waals surface area contributed by atoms with Crippen molar-refractivity contribution in [1.29, 1.82) is 0 Å². The number of nitrogens with one attached hydrogen (secondary N) is 1. The molecule has 0 bridgehead atoms. The Hall–Kier alpha value is -1.38. The summed E-state index contributed by atoms with van der Waals surface area (Å²) in [5.41, 5.74) is 2.24. The van der Waals surface area contributed by atoms with Crippen molar-refractivity contribution in [1.82, 2.24) is 10.3 Å². The molecule has 1 aliphatic heterocycles. The Morgan fingerprint density at radius 3 is 3.19 bits per heavy atom. The third-order valence-corrected chi connectivity index (χ3v) is 3.21. The largest absolute Gasteiger partial charge is 0.356 e. The molecule has 3 heteroatoms. The summed E-state index contributed by atoms with van der Waals surface area (Å²) < 4.78 is 0. The number of pyridine rings is 1. The second kappa shape index (κ2) is 5.10. The van der Waals surface area contributed by atoms with Gasteiger partial charge in [0.1, 0.15) is 0 Å². The van der Waals surface area contributed by atoms with Gasteiger partial charge in [-0.2, -0.15) is 0 Å². The molecule has 1 aliphatic rings. The Kier molecular flexibility index (Phi) is 3.54. The topological polar surface area (TPSA) is 42.0 Å². The summed E-state index contributed by atoms with van der Waals surface area (Å²) in [5, 5.41) is 2.97. The van der Waals surface area contributed by atoms with E-state index in [4.69, 9.17) is 0 Å². The van der Waals surface area contributed by atoms with E-state index in [0.29, 0.717) is 0 Å². The highest BCUT2D eigenvalue weighted by Crippen LogP contribution is 2.18. The summed E-state index contributed by atoms with van der Waals surface area (Å²) >= 11 is 0. The van der Waals surface area contributed by atoms with E-state index in [2.05, 4.69) is 23.3 Å². The summed E-state index contributed by atoms with van der Waals surface area (Å²) in [7, 11) is 0. The molecule has 0 aliphatic carbocycles. The van der Waals surface area contributed by atoms with Crippen molar-refractivity contribution in [3.05, 3.63) is 29.6 Å². The van der Waals surface area contributed by atoms with Crippen molar-refractivity contribution in [2.24, 2.45) is 5.92 Å². The Morgan fingerprint density at radius 2 is 2.38 bits per heavy atom. The maximum absolute atomic E-state index is 11.8. The summed E-state index contributed by atoms with van der Waals surface area (Å²) in [6.07, 6.45) is 5.80. The second-order valence-corrected chi connectivity index (χ2v) is 4.45. The number of amides is 1. The average molecular weight is 218 g/mol. The molecule has 3 nitrogen and oxygen atoms in total. The van der Waals surface area contributed by atoms with Crippen LogP contribution in [-0.2, 0) is 11.2 Å². The normalized spacial score (nSPS) is 21.3. The first-order valence-electron chi connectivity index (χ1n) is 5.95. The minimum Gasteiger partial charge on any atom is -0.356 e. The van der Waals surface area contributed by atoms with Crippen molar-refractivity contribution in [2.75, 3.05) is 6.54 Å². The molecule has 1 aromatic rings. The predicted octanol–water partition coefficient (Wildman–Crippen LogP) is 1.85. The van der Waals surface area contributed by atoms with Gasteiger partial charge in [0.2, 0.25) is 5.91 Å². The molecule has 0 spiro atoms. The zero-order valence-electron chi connectivity index (χ0n) is 9.70. The van der Waals surface area contributed by atoms with Crippen molar-refractivity contribution in [2.45, 2.75) is 32.6 Å².